The van der Waals surface area contributed by atoms with E-state index in [2.05, 4.69) is 43.2 Å². The first-order chi connectivity index (χ1) is 4.31. The van der Waals surface area contributed by atoms with Crippen molar-refractivity contribution >= 4 is 50.9 Å². The molecule has 0 aromatic heterocycles. The summed E-state index contributed by atoms with van der Waals surface area (Å²) >= 11 is 4.98. The van der Waals surface area contributed by atoms with Crippen LogP contribution in [0.1, 0.15) is 32.6 Å². The molecular formula is C6H12I2InRe. The minimum atomic E-state index is 0. The zero-order valence-corrected chi connectivity index (χ0v) is 16.4. The summed E-state index contributed by atoms with van der Waals surface area (Å²) in [5.74, 6) is 1.05. The Hall–Kier alpha value is 2.99. The fourth-order valence-electron chi connectivity index (χ4n) is 1.13. The molecule has 1 fully saturated rings. The van der Waals surface area contributed by atoms with E-state index in [1.807, 2.05) is 0 Å². The number of hydrogen-bond donors (Lipinski definition) is 0. The average molecular weight is 639 g/mol. The van der Waals surface area contributed by atoms with Crippen molar-refractivity contribution in [2.24, 2.45) is 5.92 Å². The van der Waals surface area contributed by atoms with Gasteiger partial charge in [-0.2, -0.15) is 0 Å². The molecule has 0 spiro atoms. The van der Waals surface area contributed by atoms with E-state index >= 15 is 0 Å². The van der Waals surface area contributed by atoms with Gasteiger partial charge in [0, 0.05) is 20.4 Å². The molecule has 1 rings (SSSR count). The summed E-state index contributed by atoms with van der Waals surface area (Å²) in [4.78, 5) is 0. The molecule has 0 unspecified atom stereocenters. The molecule has 0 aromatic rings. The second-order valence-electron chi connectivity index (χ2n) is 2.47. The number of hydrogen-bond acceptors (Lipinski definition) is 0. The quantitative estimate of drug-likeness (QED) is 0.356. The van der Waals surface area contributed by atoms with Crippen molar-refractivity contribution in [2.45, 2.75) is 32.6 Å². The van der Waals surface area contributed by atoms with E-state index in [4.69, 9.17) is 0 Å². The Morgan fingerprint density at radius 3 is 1.60 bits per heavy atom. The van der Waals surface area contributed by atoms with Gasteiger partial charge < -0.3 is 0 Å². The maximum Gasteiger partial charge on any atom is 0 e. The minimum Gasteiger partial charge on any atom is 0 e. The van der Waals surface area contributed by atoms with Gasteiger partial charge in [0.05, 0.1) is 0 Å². The topological polar surface area (TPSA) is 0 Å². The third kappa shape index (κ3) is 11.0. The van der Waals surface area contributed by atoms with E-state index in [-0.39, 0.29) is 35.0 Å². The molecule has 1 aliphatic carbocycles. The molecule has 0 amide bonds. The Morgan fingerprint density at radius 1 is 1.20 bits per heavy atom. The standard InChI is InChI=1S/C6H12.2HI.In.Re/c1-6-4-2-3-5-6;;;;/h6H,2-5H2,1H3;2*1H;;/q;;;+2;/p-2. The third-order valence-electron chi connectivity index (χ3n) is 1.64. The van der Waals surface area contributed by atoms with E-state index in [0.29, 0.717) is 0 Å². The summed E-state index contributed by atoms with van der Waals surface area (Å²) in [5, 5.41) is 0. The van der Waals surface area contributed by atoms with Gasteiger partial charge in [0.2, 0.25) is 0 Å². The Morgan fingerprint density at radius 2 is 1.50 bits per heavy atom. The molecule has 0 bridgehead atoms. The van der Waals surface area contributed by atoms with Crippen molar-refractivity contribution in [1.29, 1.82) is 0 Å². The normalized spacial score (nSPS) is 16.7. The second-order valence-corrected chi connectivity index (χ2v) is 27.3. The maximum atomic E-state index is 2.47. The van der Waals surface area contributed by atoms with E-state index in [1.54, 1.807) is 0 Å². The summed E-state index contributed by atoms with van der Waals surface area (Å²) in [6.45, 7) is 2.34. The maximum absolute atomic E-state index is 2.47. The van der Waals surface area contributed by atoms with Crippen LogP contribution in [0.4, 0.5) is 0 Å². The fourth-order valence-corrected chi connectivity index (χ4v) is 1.13. The fraction of sp³-hybridized carbons (Fsp3) is 1.00. The van der Waals surface area contributed by atoms with Crippen LogP contribution in [0.3, 0.4) is 0 Å². The summed E-state index contributed by atoms with van der Waals surface area (Å²) < 4.78 is 0. The van der Waals surface area contributed by atoms with Crippen molar-refractivity contribution < 1.29 is 20.4 Å². The smallest absolute Gasteiger partial charge is 0 e. The predicted octanol–water partition coefficient (Wildman–Crippen LogP) is 3.58. The van der Waals surface area contributed by atoms with Crippen LogP contribution in [0, 0.1) is 5.92 Å². The SMILES string of the molecule is CC1CCCC1.[I][In][I].[Re]. The molecule has 60 valence electrons. The Bertz CT molecular complexity index is 57.7. The molecule has 0 N–H and O–H groups in total. The van der Waals surface area contributed by atoms with Crippen molar-refractivity contribution in [1.82, 2.24) is 0 Å². The van der Waals surface area contributed by atoms with E-state index in [0.717, 1.165) is 5.92 Å². The molecule has 0 heterocycles. The molecule has 0 atom stereocenters. The summed E-state index contributed by atoms with van der Waals surface area (Å²) in [6.07, 6.45) is 5.95. The Kier molecular flexibility index (Phi) is 18.5. The molecule has 0 aliphatic heterocycles. The van der Waals surface area contributed by atoms with Crippen molar-refractivity contribution in [3.05, 3.63) is 0 Å². The van der Waals surface area contributed by atoms with E-state index < -0.39 is 0 Å². The molecule has 0 nitrogen and oxygen atoms in total. The van der Waals surface area contributed by atoms with Gasteiger partial charge in [0.15, 0.2) is 0 Å². The third-order valence-corrected chi connectivity index (χ3v) is 1.64. The molecule has 10 heavy (non-hydrogen) atoms. The van der Waals surface area contributed by atoms with Crippen molar-refractivity contribution in [2.75, 3.05) is 0 Å². The molecule has 2 radical (unpaired) electrons. The molecule has 4 heteroatoms. The average Bonchev–Trinajstić information content (AvgIpc) is 2.20. The first-order valence-corrected chi connectivity index (χ1v) is 22.5. The Balaban J connectivity index is 0. The summed E-state index contributed by atoms with van der Waals surface area (Å²) in [7, 11) is 0. The minimum absolute atomic E-state index is 0. The van der Waals surface area contributed by atoms with Crippen LogP contribution in [0.2, 0.25) is 0 Å². The van der Waals surface area contributed by atoms with Crippen LogP contribution >= 0.6 is 36.3 Å². The van der Waals surface area contributed by atoms with Gasteiger partial charge in [-0.15, -0.1) is 0 Å². The molecule has 1 saturated carbocycles. The van der Waals surface area contributed by atoms with Crippen LogP contribution in [0.15, 0.2) is 0 Å². The van der Waals surface area contributed by atoms with Crippen molar-refractivity contribution in [3.63, 3.8) is 0 Å². The van der Waals surface area contributed by atoms with Crippen LogP contribution in [-0.2, 0) is 20.4 Å². The van der Waals surface area contributed by atoms with Crippen LogP contribution in [-0.4, -0.2) is 14.6 Å². The summed E-state index contributed by atoms with van der Waals surface area (Å²) in [5.41, 5.74) is 0. The molecule has 0 saturated heterocycles. The first kappa shape index (κ1) is 15.5. The van der Waals surface area contributed by atoms with Gasteiger partial charge in [-0.05, 0) is 5.92 Å². The number of halogens is 2. The zero-order chi connectivity index (χ0) is 7.11. The van der Waals surface area contributed by atoms with Crippen LogP contribution < -0.4 is 0 Å². The van der Waals surface area contributed by atoms with Crippen molar-refractivity contribution in [3.8, 4) is 0 Å². The number of rotatable bonds is 0. The van der Waals surface area contributed by atoms with Crippen LogP contribution in [0.5, 0.6) is 0 Å². The van der Waals surface area contributed by atoms with Gasteiger partial charge in [0.1, 0.15) is 0 Å². The van der Waals surface area contributed by atoms with Gasteiger partial charge in [-0.3, -0.25) is 0 Å². The van der Waals surface area contributed by atoms with Gasteiger partial charge in [-0.25, -0.2) is 0 Å². The van der Waals surface area contributed by atoms with E-state index in [1.165, 1.54) is 25.7 Å². The second kappa shape index (κ2) is 12.0. The summed E-state index contributed by atoms with van der Waals surface area (Å²) in [6, 6.07) is 0. The first-order valence-electron chi connectivity index (χ1n) is 3.33. The molecule has 1 aliphatic rings. The molecular weight excluding hydrogens is 627 g/mol. The predicted molar refractivity (Wildman–Crippen MR) is 61.4 cm³/mol. The monoisotopic (exact) mass is 640 g/mol. The molecule has 0 aromatic carbocycles. The van der Waals surface area contributed by atoms with Gasteiger partial charge in [0.25, 0.3) is 0 Å². The largest absolute Gasteiger partial charge is 0 e. The van der Waals surface area contributed by atoms with Crippen LogP contribution in [0.25, 0.3) is 0 Å². The Labute approximate surface area is 108 Å². The van der Waals surface area contributed by atoms with Gasteiger partial charge in [-0.1, -0.05) is 32.6 Å². The van der Waals surface area contributed by atoms with Gasteiger partial charge >= 0.3 is 50.9 Å². The zero-order valence-electron chi connectivity index (χ0n) is 6.12. The van der Waals surface area contributed by atoms with E-state index in [9.17, 15) is 0 Å².